The van der Waals surface area contributed by atoms with Crippen LogP contribution in [0.4, 0.5) is 0 Å². The first-order valence-corrected chi connectivity index (χ1v) is 8.61. The van der Waals surface area contributed by atoms with E-state index in [1.54, 1.807) is 7.11 Å². The lowest BCUT2D eigenvalue weighted by atomic mass is 10.1. The number of aromatic amines is 1. The summed E-state index contributed by atoms with van der Waals surface area (Å²) in [6.45, 7) is 0.0493. The van der Waals surface area contributed by atoms with Crippen LogP contribution in [0.1, 0.15) is 5.56 Å². The summed E-state index contributed by atoms with van der Waals surface area (Å²) in [7, 11) is 4.35. The predicted octanol–water partition coefficient (Wildman–Crippen LogP) is -0.905. The van der Waals surface area contributed by atoms with Gasteiger partial charge in [0.05, 0.1) is 7.11 Å². The van der Waals surface area contributed by atoms with Crippen molar-refractivity contribution in [1.29, 1.82) is 0 Å². The summed E-state index contributed by atoms with van der Waals surface area (Å²) in [6.07, 6.45) is 0.606. The minimum Gasteiger partial charge on any atom is -0.497 e. The SMILES string of the molecule is COc1ccc(CCNC(=O)Cn2c(=O)[nH]c3c2c(=O)n(C)c(=O)n3C)cc1. The van der Waals surface area contributed by atoms with Crippen LogP contribution in [0.5, 0.6) is 5.75 Å². The van der Waals surface area contributed by atoms with Crippen LogP contribution in [0.3, 0.4) is 0 Å². The average Bonchev–Trinajstić information content (AvgIpc) is 3.01. The van der Waals surface area contributed by atoms with Gasteiger partial charge < -0.3 is 10.1 Å². The first kappa shape index (κ1) is 19.2. The fourth-order valence-electron chi connectivity index (χ4n) is 2.97. The molecular formula is C18H21N5O5. The van der Waals surface area contributed by atoms with Gasteiger partial charge in [0.1, 0.15) is 17.9 Å². The van der Waals surface area contributed by atoms with E-state index >= 15 is 0 Å². The molecule has 1 amide bonds. The third-order valence-corrected chi connectivity index (χ3v) is 4.58. The standard InChI is InChI=1S/C18H21N5O5/c1-21-15-14(16(25)22(2)18(21)27)23(17(26)20-15)10-13(24)19-9-8-11-4-6-12(28-3)7-5-11/h4-7H,8-10H2,1-3H3,(H,19,24)(H,20,26). The van der Waals surface area contributed by atoms with Crippen LogP contribution in [0.15, 0.2) is 38.6 Å². The second-order valence-electron chi connectivity index (χ2n) is 6.37. The Kier molecular flexibility index (Phi) is 5.21. The Labute approximate surface area is 159 Å². The van der Waals surface area contributed by atoms with Crippen LogP contribution >= 0.6 is 0 Å². The molecule has 0 aliphatic heterocycles. The quantitative estimate of drug-likeness (QED) is 0.568. The maximum atomic E-state index is 12.4. The molecule has 0 spiro atoms. The molecule has 0 atom stereocenters. The molecular weight excluding hydrogens is 366 g/mol. The summed E-state index contributed by atoms with van der Waals surface area (Å²) in [5.74, 6) is 0.342. The lowest BCUT2D eigenvalue weighted by Gasteiger charge is -2.08. The van der Waals surface area contributed by atoms with E-state index in [2.05, 4.69) is 10.3 Å². The number of H-pyrrole nitrogens is 1. The number of hydrogen-bond acceptors (Lipinski definition) is 5. The van der Waals surface area contributed by atoms with Crippen molar-refractivity contribution in [3.8, 4) is 5.75 Å². The van der Waals surface area contributed by atoms with E-state index in [0.29, 0.717) is 13.0 Å². The Morgan fingerprint density at radius 2 is 1.79 bits per heavy atom. The lowest BCUT2D eigenvalue weighted by molar-refractivity contribution is -0.121. The van der Waals surface area contributed by atoms with Crippen molar-refractivity contribution < 1.29 is 9.53 Å². The van der Waals surface area contributed by atoms with Crippen molar-refractivity contribution in [2.24, 2.45) is 14.1 Å². The Hall–Kier alpha value is -3.56. The Morgan fingerprint density at radius 1 is 1.11 bits per heavy atom. The number of amides is 1. The number of ether oxygens (including phenoxy) is 1. The first-order valence-electron chi connectivity index (χ1n) is 8.61. The van der Waals surface area contributed by atoms with Gasteiger partial charge in [-0.25, -0.2) is 9.59 Å². The van der Waals surface area contributed by atoms with Crippen molar-refractivity contribution in [1.82, 2.24) is 24.0 Å². The molecule has 0 saturated heterocycles. The van der Waals surface area contributed by atoms with Crippen LogP contribution < -0.4 is 27.0 Å². The van der Waals surface area contributed by atoms with Crippen LogP contribution in [0.2, 0.25) is 0 Å². The summed E-state index contributed by atoms with van der Waals surface area (Å²) in [5.41, 5.74) is -0.728. The number of carbonyl (C=O) groups excluding carboxylic acids is 1. The van der Waals surface area contributed by atoms with Gasteiger partial charge in [0.15, 0.2) is 5.52 Å². The smallest absolute Gasteiger partial charge is 0.332 e. The van der Waals surface area contributed by atoms with E-state index in [1.165, 1.54) is 14.1 Å². The van der Waals surface area contributed by atoms with Gasteiger partial charge in [-0.05, 0) is 24.1 Å². The molecule has 10 nitrogen and oxygen atoms in total. The van der Waals surface area contributed by atoms with Gasteiger partial charge in [-0.1, -0.05) is 12.1 Å². The highest BCUT2D eigenvalue weighted by atomic mass is 16.5. The molecule has 2 heterocycles. The summed E-state index contributed by atoms with van der Waals surface area (Å²) in [4.78, 5) is 51.3. The second kappa shape index (κ2) is 7.59. The van der Waals surface area contributed by atoms with Gasteiger partial charge in [0, 0.05) is 20.6 Å². The molecule has 148 valence electrons. The first-order chi connectivity index (χ1) is 13.3. The minimum absolute atomic E-state index is 0.0140. The van der Waals surface area contributed by atoms with E-state index in [9.17, 15) is 19.2 Å². The van der Waals surface area contributed by atoms with Crippen molar-refractivity contribution >= 4 is 17.1 Å². The van der Waals surface area contributed by atoms with Gasteiger partial charge in [-0.15, -0.1) is 0 Å². The van der Waals surface area contributed by atoms with Crippen LogP contribution in [0, 0.1) is 0 Å². The Morgan fingerprint density at radius 3 is 2.43 bits per heavy atom. The summed E-state index contributed by atoms with van der Waals surface area (Å²) in [5, 5.41) is 2.73. The maximum Gasteiger partial charge on any atom is 0.332 e. The second-order valence-corrected chi connectivity index (χ2v) is 6.37. The van der Waals surface area contributed by atoms with Crippen molar-refractivity contribution in [2.45, 2.75) is 13.0 Å². The topological polar surface area (TPSA) is 120 Å². The zero-order valence-electron chi connectivity index (χ0n) is 15.8. The van der Waals surface area contributed by atoms with Crippen molar-refractivity contribution in [3.05, 3.63) is 61.2 Å². The normalized spacial score (nSPS) is 11.0. The predicted molar refractivity (Wildman–Crippen MR) is 103 cm³/mol. The van der Waals surface area contributed by atoms with Gasteiger partial charge >= 0.3 is 11.4 Å². The number of aromatic nitrogens is 4. The van der Waals surface area contributed by atoms with Gasteiger partial charge in [0.2, 0.25) is 5.91 Å². The molecule has 2 aromatic heterocycles. The molecule has 0 saturated carbocycles. The van der Waals surface area contributed by atoms with E-state index in [4.69, 9.17) is 4.74 Å². The Balaban J connectivity index is 1.74. The molecule has 0 fully saturated rings. The molecule has 3 rings (SSSR count). The zero-order valence-corrected chi connectivity index (χ0v) is 15.8. The number of rotatable bonds is 6. The zero-order chi connectivity index (χ0) is 20.4. The number of nitrogens with zero attached hydrogens (tertiary/aromatic N) is 3. The summed E-state index contributed by atoms with van der Waals surface area (Å²) < 4.78 is 8.20. The number of nitrogens with one attached hydrogen (secondary N) is 2. The van der Waals surface area contributed by atoms with Crippen molar-refractivity contribution in [3.63, 3.8) is 0 Å². The van der Waals surface area contributed by atoms with E-state index in [-0.39, 0.29) is 17.7 Å². The van der Waals surface area contributed by atoms with Gasteiger partial charge in [-0.3, -0.25) is 28.3 Å². The van der Waals surface area contributed by atoms with Crippen LogP contribution in [-0.2, 0) is 31.9 Å². The summed E-state index contributed by atoms with van der Waals surface area (Å²) >= 11 is 0. The van der Waals surface area contributed by atoms with E-state index in [0.717, 1.165) is 25.0 Å². The maximum absolute atomic E-state index is 12.4. The molecule has 10 heteroatoms. The highest BCUT2D eigenvalue weighted by Crippen LogP contribution is 2.11. The molecule has 0 bridgehead atoms. The van der Waals surface area contributed by atoms with Crippen LogP contribution in [-0.4, -0.2) is 38.2 Å². The molecule has 2 N–H and O–H groups in total. The number of imidazole rings is 1. The highest BCUT2D eigenvalue weighted by Gasteiger charge is 2.18. The van der Waals surface area contributed by atoms with E-state index in [1.807, 2.05) is 24.3 Å². The third kappa shape index (κ3) is 3.48. The molecule has 0 aliphatic carbocycles. The molecule has 1 aromatic carbocycles. The molecule has 3 aromatic rings. The number of methoxy groups -OCH3 is 1. The molecule has 0 unspecified atom stereocenters. The van der Waals surface area contributed by atoms with Gasteiger partial charge in [-0.2, -0.15) is 0 Å². The molecule has 28 heavy (non-hydrogen) atoms. The largest absolute Gasteiger partial charge is 0.497 e. The average molecular weight is 387 g/mol. The minimum atomic E-state index is -0.637. The Bertz CT molecular complexity index is 1200. The van der Waals surface area contributed by atoms with Crippen LogP contribution in [0.25, 0.3) is 11.2 Å². The number of fused-ring (bicyclic) bond motifs is 1. The highest BCUT2D eigenvalue weighted by molar-refractivity contribution is 5.78. The van der Waals surface area contributed by atoms with Crippen molar-refractivity contribution in [2.75, 3.05) is 13.7 Å². The lowest BCUT2D eigenvalue weighted by Crippen LogP contribution is -2.38. The fourth-order valence-corrected chi connectivity index (χ4v) is 2.97. The monoisotopic (exact) mass is 387 g/mol. The molecule has 0 aliphatic rings. The number of benzene rings is 1. The molecule has 0 radical (unpaired) electrons. The van der Waals surface area contributed by atoms with Gasteiger partial charge in [0.25, 0.3) is 5.56 Å². The third-order valence-electron chi connectivity index (χ3n) is 4.58. The fraction of sp³-hybridized carbons (Fsp3) is 0.333. The number of carbonyl (C=O) groups is 1. The van der Waals surface area contributed by atoms with E-state index < -0.39 is 22.8 Å². The number of aryl methyl sites for hydroxylation is 1. The number of hydrogen-bond donors (Lipinski definition) is 2. The summed E-state index contributed by atoms with van der Waals surface area (Å²) in [6, 6.07) is 7.48.